The van der Waals surface area contributed by atoms with E-state index < -0.39 is 0 Å². The van der Waals surface area contributed by atoms with E-state index in [2.05, 4.69) is 5.32 Å². The largest absolute Gasteiger partial charge is 0.454 e. The molecule has 0 bridgehead atoms. The van der Waals surface area contributed by atoms with E-state index in [9.17, 15) is 4.79 Å². The molecule has 4 nitrogen and oxygen atoms in total. The molecule has 1 aromatic carbocycles. The molecule has 1 aromatic rings. The van der Waals surface area contributed by atoms with Crippen molar-refractivity contribution in [1.29, 1.82) is 0 Å². The Labute approximate surface area is 129 Å². The molecule has 1 saturated carbocycles. The molecule has 3 rings (SSSR count). The van der Waals surface area contributed by atoms with Crippen molar-refractivity contribution in [3.63, 3.8) is 0 Å². The molecule has 2 aliphatic rings. The van der Waals surface area contributed by atoms with Gasteiger partial charge in [-0.1, -0.05) is 19.3 Å². The highest BCUT2D eigenvalue weighted by atomic mass is 35.5. The highest BCUT2D eigenvalue weighted by Gasteiger charge is 2.31. The third kappa shape index (κ3) is 3.10. The van der Waals surface area contributed by atoms with Crippen LogP contribution in [0.15, 0.2) is 18.2 Å². The van der Waals surface area contributed by atoms with E-state index in [-0.39, 0.29) is 18.1 Å². The maximum Gasteiger partial charge on any atom is 0.251 e. The summed E-state index contributed by atoms with van der Waals surface area (Å²) < 4.78 is 10.6. The van der Waals surface area contributed by atoms with Gasteiger partial charge < -0.3 is 14.8 Å². The molecule has 1 aliphatic heterocycles. The Balaban J connectivity index is 1.63. The predicted octanol–water partition coefficient (Wildman–Crippen LogP) is 3.33. The summed E-state index contributed by atoms with van der Waals surface area (Å²) in [7, 11) is 0. The second-order valence-corrected chi connectivity index (χ2v) is 6.21. The van der Waals surface area contributed by atoms with Crippen LogP contribution in [0.2, 0.25) is 0 Å². The third-order valence-electron chi connectivity index (χ3n) is 4.46. The number of alkyl halides is 1. The average Bonchev–Trinajstić information content (AvgIpc) is 3.01. The Bertz CT molecular complexity index is 526. The quantitative estimate of drug-likeness (QED) is 0.868. The monoisotopic (exact) mass is 309 g/mol. The van der Waals surface area contributed by atoms with E-state index in [1.165, 1.54) is 19.3 Å². The molecule has 1 fully saturated rings. The lowest BCUT2D eigenvalue weighted by Crippen LogP contribution is -2.40. The molecular weight excluding hydrogens is 290 g/mol. The van der Waals surface area contributed by atoms with E-state index in [0.29, 0.717) is 29.5 Å². The molecule has 1 N–H and O–H groups in total. The van der Waals surface area contributed by atoms with Gasteiger partial charge in [0.15, 0.2) is 11.5 Å². The molecule has 0 saturated heterocycles. The van der Waals surface area contributed by atoms with Crippen LogP contribution in [0.25, 0.3) is 0 Å². The summed E-state index contributed by atoms with van der Waals surface area (Å²) in [6.07, 6.45) is 5.86. The first-order valence-corrected chi connectivity index (χ1v) is 8.00. The van der Waals surface area contributed by atoms with Gasteiger partial charge in [0.25, 0.3) is 5.91 Å². The van der Waals surface area contributed by atoms with Crippen LogP contribution in [0.5, 0.6) is 11.5 Å². The average molecular weight is 310 g/mol. The maximum absolute atomic E-state index is 12.3. The van der Waals surface area contributed by atoms with Crippen molar-refractivity contribution < 1.29 is 14.3 Å². The Hall–Kier alpha value is -1.42. The number of hydrogen-bond donors (Lipinski definition) is 1. The zero-order valence-electron chi connectivity index (χ0n) is 12.0. The van der Waals surface area contributed by atoms with Gasteiger partial charge in [0, 0.05) is 23.4 Å². The minimum Gasteiger partial charge on any atom is -0.454 e. The Morgan fingerprint density at radius 3 is 2.71 bits per heavy atom. The van der Waals surface area contributed by atoms with E-state index in [1.54, 1.807) is 18.2 Å². The molecule has 114 valence electrons. The molecular formula is C16H20ClNO3. The SMILES string of the molecule is O=C(NCC1(CCl)CCCCC1)c1ccc2c(c1)OCO2. The summed E-state index contributed by atoms with van der Waals surface area (Å²) in [4.78, 5) is 12.3. The number of halogens is 1. The topological polar surface area (TPSA) is 47.6 Å². The number of rotatable bonds is 4. The maximum atomic E-state index is 12.3. The first-order chi connectivity index (χ1) is 10.2. The summed E-state index contributed by atoms with van der Waals surface area (Å²) >= 11 is 6.16. The molecule has 0 unspecified atom stereocenters. The van der Waals surface area contributed by atoms with Gasteiger partial charge in [0.05, 0.1) is 0 Å². The van der Waals surface area contributed by atoms with Crippen molar-refractivity contribution >= 4 is 17.5 Å². The van der Waals surface area contributed by atoms with Crippen LogP contribution < -0.4 is 14.8 Å². The second kappa shape index (κ2) is 6.14. The zero-order chi connectivity index (χ0) is 14.7. The number of fused-ring (bicyclic) bond motifs is 1. The smallest absolute Gasteiger partial charge is 0.251 e. The van der Waals surface area contributed by atoms with Crippen molar-refractivity contribution in [2.45, 2.75) is 32.1 Å². The van der Waals surface area contributed by atoms with Crippen molar-refractivity contribution in [2.24, 2.45) is 5.41 Å². The lowest BCUT2D eigenvalue weighted by atomic mass is 9.75. The summed E-state index contributed by atoms with van der Waals surface area (Å²) in [6, 6.07) is 5.26. The van der Waals surface area contributed by atoms with Crippen LogP contribution in [-0.2, 0) is 0 Å². The van der Waals surface area contributed by atoms with E-state index >= 15 is 0 Å². The Morgan fingerprint density at radius 2 is 1.95 bits per heavy atom. The van der Waals surface area contributed by atoms with Crippen molar-refractivity contribution in [1.82, 2.24) is 5.32 Å². The van der Waals surface area contributed by atoms with Gasteiger partial charge in [-0.15, -0.1) is 11.6 Å². The lowest BCUT2D eigenvalue weighted by Gasteiger charge is -2.35. The first kappa shape index (κ1) is 14.5. The van der Waals surface area contributed by atoms with Crippen LogP contribution in [0, 0.1) is 5.41 Å². The van der Waals surface area contributed by atoms with E-state index in [1.807, 2.05) is 0 Å². The normalized spacial score (nSPS) is 19.3. The highest BCUT2D eigenvalue weighted by Crippen LogP contribution is 2.37. The van der Waals surface area contributed by atoms with Gasteiger partial charge in [-0.05, 0) is 31.0 Å². The van der Waals surface area contributed by atoms with Gasteiger partial charge in [0.1, 0.15) is 0 Å². The Kier molecular flexibility index (Phi) is 4.24. The van der Waals surface area contributed by atoms with Crippen LogP contribution in [0.3, 0.4) is 0 Å². The molecule has 0 aromatic heterocycles. The van der Waals surface area contributed by atoms with Crippen molar-refractivity contribution in [3.05, 3.63) is 23.8 Å². The molecule has 0 atom stereocenters. The third-order valence-corrected chi connectivity index (χ3v) is 5.02. The number of ether oxygens (including phenoxy) is 2. The minimum absolute atomic E-state index is 0.0613. The summed E-state index contributed by atoms with van der Waals surface area (Å²) in [6.45, 7) is 0.861. The number of carbonyl (C=O) groups is 1. The number of nitrogens with one attached hydrogen (secondary N) is 1. The van der Waals surface area contributed by atoms with Crippen molar-refractivity contribution in [3.8, 4) is 11.5 Å². The fourth-order valence-corrected chi connectivity index (χ4v) is 3.43. The fourth-order valence-electron chi connectivity index (χ4n) is 3.07. The van der Waals surface area contributed by atoms with E-state index in [0.717, 1.165) is 12.8 Å². The standard InChI is InChI=1S/C16H20ClNO3/c17-9-16(6-2-1-3-7-16)10-18-15(19)12-4-5-13-14(8-12)21-11-20-13/h4-5,8H,1-3,6-7,9-11H2,(H,18,19). The molecule has 21 heavy (non-hydrogen) atoms. The number of benzene rings is 1. The predicted molar refractivity (Wildman–Crippen MR) is 81.1 cm³/mol. The molecule has 1 aliphatic carbocycles. The van der Waals surface area contributed by atoms with Crippen molar-refractivity contribution in [2.75, 3.05) is 19.2 Å². The number of carbonyl (C=O) groups excluding carboxylic acids is 1. The number of amides is 1. The number of hydrogen-bond acceptors (Lipinski definition) is 3. The van der Waals surface area contributed by atoms with Gasteiger partial charge in [-0.2, -0.15) is 0 Å². The van der Waals surface area contributed by atoms with Crippen LogP contribution in [0.4, 0.5) is 0 Å². The van der Waals surface area contributed by atoms with E-state index in [4.69, 9.17) is 21.1 Å². The van der Waals surface area contributed by atoms with Gasteiger partial charge >= 0.3 is 0 Å². The van der Waals surface area contributed by atoms with Gasteiger partial charge in [-0.25, -0.2) is 0 Å². The minimum atomic E-state index is -0.0802. The summed E-state index contributed by atoms with van der Waals surface area (Å²) in [5.41, 5.74) is 0.658. The lowest BCUT2D eigenvalue weighted by molar-refractivity contribution is 0.0920. The van der Waals surface area contributed by atoms with Crippen LogP contribution >= 0.6 is 11.6 Å². The van der Waals surface area contributed by atoms with Crippen LogP contribution in [-0.4, -0.2) is 25.1 Å². The molecule has 1 amide bonds. The molecule has 5 heteroatoms. The molecule has 1 heterocycles. The zero-order valence-corrected chi connectivity index (χ0v) is 12.7. The first-order valence-electron chi connectivity index (χ1n) is 7.46. The summed E-state index contributed by atoms with van der Waals surface area (Å²) in [5, 5.41) is 3.03. The van der Waals surface area contributed by atoms with Gasteiger partial charge in [0.2, 0.25) is 6.79 Å². The van der Waals surface area contributed by atoms with Gasteiger partial charge in [-0.3, -0.25) is 4.79 Å². The van der Waals surface area contributed by atoms with Crippen LogP contribution in [0.1, 0.15) is 42.5 Å². The Morgan fingerprint density at radius 1 is 1.19 bits per heavy atom. The molecule has 0 radical (unpaired) electrons. The highest BCUT2D eigenvalue weighted by molar-refractivity contribution is 6.18. The second-order valence-electron chi connectivity index (χ2n) is 5.95. The fraction of sp³-hybridized carbons (Fsp3) is 0.562. The molecule has 0 spiro atoms. The summed E-state index contributed by atoms with van der Waals surface area (Å²) in [5.74, 6) is 1.85.